The molecule has 0 bridgehead atoms. The van der Waals surface area contributed by atoms with Gasteiger partial charge in [-0.2, -0.15) is 13.2 Å². The normalized spacial score (nSPS) is 11.4. The number of aromatic nitrogens is 1. The Balaban J connectivity index is 3.06. The summed E-state index contributed by atoms with van der Waals surface area (Å²) in [6, 6.07) is 3.17. The molecule has 7 nitrogen and oxygen atoms in total. The standard InChI is InChI=1S/C17H24F3N3O4/c1-12(2)15(24)22(3)14-13(6-5-8-21-14)10-23(9-7-17(18,19)20)16(25)27-11-26-4/h5-6,8,12H,7,9-11H2,1-4H3. The molecule has 0 aliphatic rings. The van der Waals surface area contributed by atoms with Gasteiger partial charge in [-0.05, 0) is 6.07 Å². The summed E-state index contributed by atoms with van der Waals surface area (Å²) in [5.74, 6) is -0.232. The third kappa shape index (κ3) is 7.41. The van der Waals surface area contributed by atoms with Gasteiger partial charge in [0.1, 0.15) is 5.82 Å². The van der Waals surface area contributed by atoms with E-state index in [2.05, 4.69) is 9.72 Å². The molecule has 1 aromatic heterocycles. The lowest BCUT2D eigenvalue weighted by atomic mass is 10.1. The van der Waals surface area contributed by atoms with Gasteiger partial charge in [-0.15, -0.1) is 0 Å². The minimum Gasteiger partial charge on any atom is -0.422 e. The molecular formula is C17H24F3N3O4. The molecule has 1 aromatic rings. The molecule has 0 aromatic carbocycles. The zero-order chi connectivity index (χ0) is 20.6. The number of pyridine rings is 1. The fourth-order valence-electron chi connectivity index (χ4n) is 2.25. The van der Waals surface area contributed by atoms with Crippen molar-refractivity contribution in [1.82, 2.24) is 9.88 Å². The van der Waals surface area contributed by atoms with Crippen molar-refractivity contribution >= 4 is 17.8 Å². The topological polar surface area (TPSA) is 72.0 Å². The highest BCUT2D eigenvalue weighted by atomic mass is 19.4. The van der Waals surface area contributed by atoms with Gasteiger partial charge in [-0.1, -0.05) is 19.9 Å². The van der Waals surface area contributed by atoms with Crippen molar-refractivity contribution in [1.29, 1.82) is 0 Å². The second-order valence-electron chi connectivity index (χ2n) is 6.14. The molecule has 0 saturated heterocycles. The lowest BCUT2D eigenvalue weighted by molar-refractivity contribution is -0.137. The Morgan fingerprint density at radius 3 is 2.52 bits per heavy atom. The molecule has 0 fully saturated rings. The van der Waals surface area contributed by atoms with E-state index in [1.165, 1.54) is 25.3 Å². The van der Waals surface area contributed by atoms with E-state index in [9.17, 15) is 22.8 Å². The second kappa shape index (κ2) is 10.1. The number of rotatable bonds is 8. The Kier molecular flexibility index (Phi) is 8.48. The monoisotopic (exact) mass is 391 g/mol. The van der Waals surface area contributed by atoms with Crippen molar-refractivity contribution in [2.45, 2.75) is 33.0 Å². The van der Waals surface area contributed by atoms with Crippen molar-refractivity contribution in [3.05, 3.63) is 23.9 Å². The number of nitrogens with zero attached hydrogens (tertiary/aromatic N) is 3. The number of alkyl halides is 3. The number of ether oxygens (including phenoxy) is 2. The van der Waals surface area contributed by atoms with E-state index in [0.717, 1.165) is 4.90 Å². The number of amides is 2. The first kappa shape index (κ1) is 22.7. The quantitative estimate of drug-likeness (QED) is 0.637. The van der Waals surface area contributed by atoms with Gasteiger partial charge in [0.15, 0.2) is 6.79 Å². The van der Waals surface area contributed by atoms with Gasteiger partial charge in [0, 0.05) is 38.4 Å². The van der Waals surface area contributed by atoms with E-state index >= 15 is 0 Å². The molecule has 1 rings (SSSR count). The van der Waals surface area contributed by atoms with E-state index in [0.29, 0.717) is 5.56 Å². The molecule has 0 atom stereocenters. The molecule has 0 unspecified atom stereocenters. The predicted molar refractivity (Wildman–Crippen MR) is 91.9 cm³/mol. The van der Waals surface area contributed by atoms with Crippen LogP contribution in [-0.4, -0.2) is 55.6 Å². The number of anilines is 1. The minimum atomic E-state index is -4.43. The molecule has 1 heterocycles. The van der Waals surface area contributed by atoms with Crippen LogP contribution in [0.4, 0.5) is 23.8 Å². The Morgan fingerprint density at radius 1 is 1.30 bits per heavy atom. The summed E-state index contributed by atoms with van der Waals surface area (Å²) in [4.78, 5) is 30.7. The van der Waals surface area contributed by atoms with Crippen LogP contribution in [0.25, 0.3) is 0 Å². The highest BCUT2D eigenvalue weighted by Crippen LogP contribution is 2.23. The van der Waals surface area contributed by atoms with Crippen molar-refractivity contribution in [2.24, 2.45) is 5.92 Å². The number of halogens is 3. The molecule has 0 aliphatic heterocycles. The summed E-state index contributed by atoms with van der Waals surface area (Å²) in [5, 5.41) is 0. The van der Waals surface area contributed by atoms with Crippen LogP contribution >= 0.6 is 0 Å². The maximum Gasteiger partial charge on any atom is 0.412 e. The summed E-state index contributed by atoms with van der Waals surface area (Å²) in [7, 11) is 2.82. The van der Waals surface area contributed by atoms with Crippen molar-refractivity contribution in [2.75, 3.05) is 32.4 Å². The maximum atomic E-state index is 12.6. The summed E-state index contributed by atoms with van der Waals surface area (Å²) in [6.45, 7) is 2.27. The molecule has 10 heteroatoms. The van der Waals surface area contributed by atoms with Crippen LogP contribution in [0.5, 0.6) is 0 Å². The molecule has 0 spiro atoms. The molecule has 0 N–H and O–H groups in total. The molecule has 0 radical (unpaired) electrons. The van der Waals surface area contributed by atoms with Crippen LogP contribution in [0.15, 0.2) is 18.3 Å². The van der Waals surface area contributed by atoms with Crippen LogP contribution in [0.3, 0.4) is 0 Å². The van der Waals surface area contributed by atoms with Crippen molar-refractivity contribution in [3.8, 4) is 0 Å². The zero-order valence-electron chi connectivity index (χ0n) is 15.7. The van der Waals surface area contributed by atoms with Crippen molar-refractivity contribution < 1.29 is 32.2 Å². The fourth-order valence-corrected chi connectivity index (χ4v) is 2.25. The van der Waals surface area contributed by atoms with Gasteiger partial charge in [-0.25, -0.2) is 9.78 Å². The van der Waals surface area contributed by atoms with Gasteiger partial charge in [0.25, 0.3) is 0 Å². The molecule has 27 heavy (non-hydrogen) atoms. The van der Waals surface area contributed by atoms with Crippen LogP contribution in [0.2, 0.25) is 0 Å². The summed E-state index contributed by atoms with van der Waals surface area (Å²) >= 11 is 0. The highest BCUT2D eigenvalue weighted by molar-refractivity contribution is 5.93. The van der Waals surface area contributed by atoms with E-state index < -0.39 is 25.2 Å². The molecule has 0 saturated carbocycles. The fraction of sp³-hybridized carbons (Fsp3) is 0.588. The highest BCUT2D eigenvalue weighted by Gasteiger charge is 2.30. The van der Waals surface area contributed by atoms with Gasteiger partial charge in [0.05, 0.1) is 13.0 Å². The van der Waals surface area contributed by atoms with E-state index in [1.807, 2.05) is 0 Å². The van der Waals surface area contributed by atoms with Gasteiger partial charge >= 0.3 is 12.3 Å². The van der Waals surface area contributed by atoms with Crippen LogP contribution in [0, 0.1) is 5.92 Å². The number of carbonyl (C=O) groups is 2. The van der Waals surface area contributed by atoms with Gasteiger partial charge in [-0.3, -0.25) is 9.69 Å². The third-order valence-corrected chi connectivity index (χ3v) is 3.59. The average molecular weight is 391 g/mol. The van der Waals surface area contributed by atoms with Gasteiger partial charge in [0.2, 0.25) is 5.91 Å². The Morgan fingerprint density at radius 2 is 1.96 bits per heavy atom. The lowest BCUT2D eigenvalue weighted by Crippen LogP contribution is -2.36. The average Bonchev–Trinajstić information content (AvgIpc) is 2.61. The van der Waals surface area contributed by atoms with Crippen molar-refractivity contribution in [3.63, 3.8) is 0 Å². The smallest absolute Gasteiger partial charge is 0.412 e. The first-order valence-electron chi connectivity index (χ1n) is 8.25. The summed E-state index contributed by atoms with van der Waals surface area (Å²) in [6.07, 6.45) is -5.10. The molecule has 152 valence electrons. The Labute approximate surface area is 156 Å². The van der Waals surface area contributed by atoms with E-state index in [4.69, 9.17) is 4.74 Å². The SMILES string of the molecule is COCOC(=O)N(CCC(F)(F)F)Cc1cccnc1N(C)C(=O)C(C)C. The number of hydrogen-bond donors (Lipinski definition) is 0. The Bertz CT molecular complexity index is 638. The molecule has 2 amide bonds. The van der Waals surface area contributed by atoms with Crippen LogP contribution in [-0.2, 0) is 20.8 Å². The van der Waals surface area contributed by atoms with E-state index in [-0.39, 0.29) is 31.0 Å². The van der Waals surface area contributed by atoms with Crippen LogP contribution < -0.4 is 4.90 Å². The first-order valence-corrected chi connectivity index (χ1v) is 8.25. The largest absolute Gasteiger partial charge is 0.422 e. The van der Waals surface area contributed by atoms with Gasteiger partial charge < -0.3 is 14.4 Å². The number of carbonyl (C=O) groups excluding carboxylic acids is 2. The van der Waals surface area contributed by atoms with Crippen LogP contribution in [0.1, 0.15) is 25.8 Å². The predicted octanol–water partition coefficient (Wildman–Crippen LogP) is 3.20. The number of hydrogen-bond acceptors (Lipinski definition) is 5. The first-order chi connectivity index (χ1) is 12.6. The minimum absolute atomic E-state index is 0.197. The lowest BCUT2D eigenvalue weighted by Gasteiger charge is -2.26. The summed E-state index contributed by atoms with van der Waals surface area (Å²) < 4.78 is 47.2. The summed E-state index contributed by atoms with van der Waals surface area (Å²) in [5.41, 5.74) is 0.422. The maximum absolute atomic E-state index is 12.6. The van der Waals surface area contributed by atoms with E-state index in [1.54, 1.807) is 26.0 Å². The molecule has 0 aliphatic carbocycles. The zero-order valence-corrected chi connectivity index (χ0v) is 15.7. The third-order valence-electron chi connectivity index (χ3n) is 3.59. The number of methoxy groups -OCH3 is 1. The molecular weight excluding hydrogens is 367 g/mol. The second-order valence-corrected chi connectivity index (χ2v) is 6.14. The Hall–Kier alpha value is -2.36.